The van der Waals surface area contributed by atoms with Crippen molar-refractivity contribution in [3.05, 3.63) is 59.7 Å². The molecule has 0 saturated carbocycles. The highest BCUT2D eigenvalue weighted by Gasteiger charge is 2.28. The number of carbonyl (C=O) groups excluding carboxylic acids is 1. The summed E-state index contributed by atoms with van der Waals surface area (Å²) in [7, 11) is 1.64. The fraction of sp³-hybridized carbons (Fsp3) is 0.316. The molecule has 23 heavy (non-hydrogen) atoms. The molecule has 1 amide bonds. The fourth-order valence-corrected chi connectivity index (χ4v) is 2.92. The number of nitrogens with zero attached hydrogens (tertiary/aromatic N) is 1. The normalized spacial score (nSPS) is 13.3. The molecule has 2 rings (SSSR count). The number of rotatable bonds is 5. The van der Waals surface area contributed by atoms with E-state index in [2.05, 4.69) is 0 Å². The Morgan fingerprint density at radius 2 is 1.74 bits per heavy atom. The van der Waals surface area contributed by atoms with Crippen LogP contribution >= 0.6 is 11.6 Å². The number of halogens is 1. The molecule has 0 N–H and O–H groups in total. The van der Waals surface area contributed by atoms with Crippen molar-refractivity contribution in [1.82, 2.24) is 0 Å². The Morgan fingerprint density at radius 3 is 2.30 bits per heavy atom. The van der Waals surface area contributed by atoms with Gasteiger partial charge in [-0.2, -0.15) is 0 Å². The molecule has 0 aliphatic carbocycles. The lowest BCUT2D eigenvalue weighted by atomic mass is 9.99. The van der Waals surface area contributed by atoms with Gasteiger partial charge in [-0.05, 0) is 44.5 Å². The molecular weight excluding hydrogens is 310 g/mol. The van der Waals surface area contributed by atoms with E-state index >= 15 is 0 Å². The van der Waals surface area contributed by atoms with Gasteiger partial charge in [-0.15, -0.1) is 11.6 Å². The second kappa shape index (κ2) is 7.51. The van der Waals surface area contributed by atoms with Gasteiger partial charge in [0.05, 0.1) is 13.2 Å². The van der Waals surface area contributed by atoms with Crippen molar-refractivity contribution < 1.29 is 9.53 Å². The number of hydrogen-bond acceptors (Lipinski definition) is 2. The van der Waals surface area contributed by atoms with Crippen molar-refractivity contribution in [3.8, 4) is 5.75 Å². The topological polar surface area (TPSA) is 29.5 Å². The Morgan fingerprint density at radius 1 is 1.09 bits per heavy atom. The van der Waals surface area contributed by atoms with Crippen LogP contribution in [0.2, 0.25) is 0 Å². The first-order valence-electron chi connectivity index (χ1n) is 7.63. The van der Waals surface area contributed by atoms with Crippen LogP contribution in [0.25, 0.3) is 0 Å². The Balaban J connectivity index is 2.54. The molecule has 0 spiro atoms. The molecular formula is C19H22ClNO2. The summed E-state index contributed by atoms with van der Waals surface area (Å²) < 4.78 is 5.50. The maximum atomic E-state index is 12.7. The maximum absolute atomic E-state index is 12.7. The number of ether oxygens (including phenoxy) is 1. The van der Waals surface area contributed by atoms with Crippen LogP contribution in [0.4, 0.5) is 5.69 Å². The van der Waals surface area contributed by atoms with Crippen molar-refractivity contribution in [1.29, 1.82) is 0 Å². The minimum Gasteiger partial charge on any atom is -0.496 e. The highest BCUT2D eigenvalue weighted by Crippen LogP contribution is 2.35. The monoisotopic (exact) mass is 331 g/mol. The predicted octanol–water partition coefficient (Wildman–Crippen LogP) is 4.73. The largest absolute Gasteiger partial charge is 0.496 e. The van der Waals surface area contributed by atoms with Crippen LogP contribution in [-0.2, 0) is 4.79 Å². The number of methoxy groups -OCH3 is 1. The molecule has 0 aliphatic rings. The number of carbonyl (C=O) groups is 1. The standard InChI is InChI=1S/C19H22ClNO2/c1-13-9-8-12-17(23-4)18(13)15(3)21(19(22)14(2)20)16-10-6-5-7-11-16/h5-12,14-15H,1-4H3. The van der Waals surface area contributed by atoms with Gasteiger partial charge >= 0.3 is 0 Å². The van der Waals surface area contributed by atoms with E-state index in [0.29, 0.717) is 0 Å². The Labute approximate surface area is 142 Å². The van der Waals surface area contributed by atoms with Gasteiger partial charge < -0.3 is 9.64 Å². The zero-order chi connectivity index (χ0) is 17.0. The second-order valence-electron chi connectivity index (χ2n) is 5.53. The third-order valence-electron chi connectivity index (χ3n) is 3.92. The molecule has 122 valence electrons. The fourth-order valence-electron chi connectivity index (χ4n) is 2.82. The zero-order valence-electron chi connectivity index (χ0n) is 13.9. The summed E-state index contributed by atoms with van der Waals surface area (Å²) in [5.74, 6) is 0.643. The number of amides is 1. The van der Waals surface area contributed by atoms with Gasteiger partial charge in [0.1, 0.15) is 11.1 Å². The molecule has 0 radical (unpaired) electrons. The van der Waals surface area contributed by atoms with Crippen molar-refractivity contribution in [2.24, 2.45) is 0 Å². The van der Waals surface area contributed by atoms with Gasteiger partial charge in [-0.1, -0.05) is 30.3 Å². The molecule has 0 bridgehead atoms. The Bertz CT molecular complexity index is 670. The van der Waals surface area contributed by atoms with Gasteiger partial charge in [0.2, 0.25) is 5.91 Å². The number of hydrogen-bond donors (Lipinski definition) is 0. The highest BCUT2D eigenvalue weighted by molar-refractivity contribution is 6.32. The zero-order valence-corrected chi connectivity index (χ0v) is 14.7. The summed E-state index contributed by atoms with van der Waals surface area (Å²) in [5.41, 5.74) is 2.89. The number of aryl methyl sites for hydroxylation is 1. The van der Waals surface area contributed by atoms with Crippen molar-refractivity contribution in [2.75, 3.05) is 12.0 Å². The molecule has 2 aromatic rings. The minimum absolute atomic E-state index is 0.129. The van der Waals surface area contributed by atoms with Crippen molar-refractivity contribution in [2.45, 2.75) is 32.2 Å². The van der Waals surface area contributed by atoms with Crippen LogP contribution in [0.3, 0.4) is 0 Å². The van der Waals surface area contributed by atoms with Crippen LogP contribution < -0.4 is 9.64 Å². The van der Waals surface area contributed by atoms with Crippen LogP contribution in [-0.4, -0.2) is 18.4 Å². The molecule has 2 aromatic carbocycles. The summed E-state index contributed by atoms with van der Waals surface area (Å²) in [6.45, 7) is 5.71. The average Bonchev–Trinajstić information content (AvgIpc) is 2.55. The lowest BCUT2D eigenvalue weighted by Crippen LogP contribution is -2.38. The van der Waals surface area contributed by atoms with Crippen LogP contribution in [0.5, 0.6) is 5.75 Å². The van der Waals surface area contributed by atoms with E-state index in [-0.39, 0.29) is 11.9 Å². The predicted molar refractivity (Wildman–Crippen MR) is 95.4 cm³/mol. The lowest BCUT2D eigenvalue weighted by Gasteiger charge is -2.32. The first kappa shape index (κ1) is 17.4. The molecule has 2 atom stereocenters. The minimum atomic E-state index is -0.604. The first-order chi connectivity index (χ1) is 11.0. The van der Waals surface area contributed by atoms with E-state index in [4.69, 9.17) is 16.3 Å². The van der Waals surface area contributed by atoms with Crippen molar-refractivity contribution >= 4 is 23.2 Å². The quantitative estimate of drug-likeness (QED) is 0.741. The smallest absolute Gasteiger partial charge is 0.245 e. The molecule has 0 heterocycles. The van der Waals surface area contributed by atoms with Gasteiger partial charge in [-0.25, -0.2) is 0 Å². The van der Waals surface area contributed by atoms with E-state index in [1.165, 1.54) is 0 Å². The van der Waals surface area contributed by atoms with Gasteiger partial charge in [0.25, 0.3) is 0 Å². The average molecular weight is 332 g/mol. The van der Waals surface area contributed by atoms with Gasteiger partial charge in [0, 0.05) is 11.3 Å². The Kier molecular flexibility index (Phi) is 5.67. The summed E-state index contributed by atoms with van der Waals surface area (Å²) >= 11 is 6.10. The number of alkyl halides is 1. The lowest BCUT2D eigenvalue weighted by molar-refractivity contribution is -0.118. The molecule has 2 unspecified atom stereocenters. The van der Waals surface area contributed by atoms with Crippen LogP contribution in [0.15, 0.2) is 48.5 Å². The summed E-state index contributed by atoms with van der Waals surface area (Å²) in [5, 5.41) is -0.604. The number of para-hydroxylation sites is 1. The first-order valence-corrected chi connectivity index (χ1v) is 8.06. The number of anilines is 1. The van der Waals surface area contributed by atoms with E-state index in [1.54, 1.807) is 18.9 Å². The van der Waals surface area contributed by atoms with Gasteiger partial charge in [0.15, 0.2) is 0 Å². The van der Waals surface area contributed by atoms with Crippen molar-refractivity contribution in [3.63, 3.8) is 0 Å². The van der Waals surface area contributed by atoms with Crippen LogP contribution in [0.1, 0.15) is 31.0 Å². The summed E-state index contributed by atoms with van der Waals surface area (Å²) in [6, 6.07) is 15.3. The molecule has 0 aliphatic heterocycles. The molecule has 3 nitrogen and oxygen atoms in total. The molecule has 0 aromatic heterocycles. The Hall–Kier alpha value is -2.00. The number of benzene rings is 2. The van der Waals surface area contributed by atoms with Crippen LogP contribution in [0, 0.1) is 6.92 Å². The SMILES string of the molecule is COc1cccc(C)c1C(C)N(C(=O)C(C)Cl)c1ccccc1. The maximum Gasteiger partial charge on any atom is 0.245 e. The highest BCUT2D eigenvalue weighted by atomic mass is 35.5. The van der Waals surface area contributed by atoms with E-state index in [1.807, 2.05) is 62.4 Å². The second-order valence-corrected chi connectivity index (χ2v) is 6.18. The third-order valence-corrected chi connectivity index (χ3v) is 4.11. The molecule has 4 heteroatoms. The van der Waals surface area contributed by atoms with E-state index < -0.39 is 5.38 Å². The van der Waals surface area contributed by atoms with E-state index in [0.717, 1.165) is 22.6 Å². The summed E-state index contributed by atoms with van der Waals surface area (Å²) in [4.78, 5) is 14.5. The van der Waals surface area contributed by atoms with Gasteiger partial charge in [-0.3, -0.25) is 4.79 Å². The summed E-state index contributed by atoms with van der Waals surface area (Å²) in [6.07, 6.45) is 0. The third kappa shape index (κ3) is 3.67. The van der Waals surface area contributed by atoms with E-state index in [9.17, 15) is 4.79 Å². The molecule has 0 saturated heterocycles. The molecule has 0 fully saturated rings.